The van der Waals surface area contributed by atoms with Crippen LogP contribution in [0.25, 0.3) is 0 Å². The Morgan fingerprint density at radius 1 is 1.17 bits per heavy atom. The number of nitrogens with zero attached hydrogens (tertiary/aromatic N) is 2. The van der Waals surface area contributed by atoms with E-state index in [-0.39, 0.29) is 17.9 Å². The first kappa shape index (κ1) is 21.8. The Hall–Kier alpha value is -2.87. The van der Waals surface area contributed by atoms with Crippen molar-refractivity contribution < 1.29 is 23.4 Å². The van der Waals surface area contributed by atoms with Gasteiger partial charge in [0.15, 0.2) is 5.82 Å². The third-order valence-corrected chi connectivity index (χ3v) is 4.27. The molecule has 1 fully saturated rings. The van der Waals surface area contributed by atoms with Crippen molar-refractivity contribution in [3.05, 3.63) is 42.3 Å². The molecule has 1 aromatic carbocycles. The quantitative estimate of drug-likeness (QED) is 0.757. The molecule has 1 aliphatic rings. The molecule has 8 heteroatoms. The number of pyridine rings is 1. The summed E-state index contributed by atoms with van der Waals surface area (Å²) in [6.45, 7) is 10.7. The van der Waals surface area contributed by atoms with Crippen molar-refractivity contribution in [3.8, 4) is 11.5 Å². The molecule has 162 valence electrons. The Kier molecular flexibility index (Phi) is 6.45. The molecule has 2 atom stereocenters. The van der Waals surface area contributed by atoms with Gasteiger partial charge in [0.05, 0.1) is 17.9 Å². The normalized spacial score (nSPS) is 19.3. The number of halogens is 1. The number of rotatable bonds is 4. The van der Waals surface area contributed by atoms with Crippen molar-refractivity contribution in [2.75, 3.05) is 23.3 Å². The summed E-state index contributed by atoms with van der Waals surface area (Å²) in [5, 5.41) is 2.40. The fourth-order valence-corrected chi connectivity index (χ4v) is 3.21. The fourth-order valence-electron chi connectivity index (χ4n) is 3.21. The summed E-state index contributed by atoms with van der Waals surface area (Å²) in [6, 6.07) is 7.75. The monoisotopic (exact) mass is 417 g/mol. The molecule has 0 saturated carbocycles. The third-order valence-electron chi connectivity index (χ3n) is 4.27. The molecule has 1 amide bonds. The number of carbonyl (C=O) groups excluding carboxylic acids is 1. The van der Waals surface area contributed by atoms with Crippen molar-refractivity contribution in [1.29, 1.82) is 0 Å². The lowest BCUT2D eigenvalue weighted by Gasteiger charge is -2.36. The van der Waals surface area contributed by atoms with Crippen LogP contribution in [0, 0.1) is 5.82 Å². The first-order valence-corrected chi connectivity index (χ1v) is 9.93. The Bertz CT molecular complexity index is 890. The number of hydrogen-bond acceptors (Lipinski definition) is 6. The Balaban J connectivity index is 1.68. The highest BCUT2D eigenvalue weighted by Gasteiger charge is 2.23. The van der Waals surface area contributed by atoms with E-state index in [0.717, 1.165) is 18.9 Å². The van der Waals surface area contributed by atoms with Gasteiger partial charge in [-0.25, -0.2) is 14.2 Å². The number of carbonyl (C=O) groups is 1. The second-order valence-electron chi connectivity index (χ2n) is 8.38. The van der Waals surface area contributed by atoms with Gasteiger partial charge in [-0.1, -0.05) is 0 Å². The topological polar surface area (TPSA) is 72.9 Å². The summed E-state index contributed by atoms with van der Waals surface area (Å²) in [5.41, 5.74) is -0.651. The van der Waals surface area contributed by atoms with E-state index in [1.807, 2.05) is 19.9 Å². The number of morpholine rings is 1. The first-order chi connectivity index (χ1) is 14.1. The zero-order chi connectivity index (χ0) is 21.9. The molecule has 0 spiro atoms. The maximum Gasteiger partial charge on any atom is 0.412 e. The van der Waals surface area contributed by atoms with Crippen LogP contribution in [0.1, 0.15) is 34.6 Å². The zero-order valence-electron chi connectivity index (χ0n) is 17.9. The van der Waals surface area contributed by atoms with Gasteiger partial charge in [0.25, 0.3) is 0 Å². The van der Waals surface area contributed by atoms with Crippen molar-refractivity contribution in [2.45, 2.75) is 52.4 Å². The predicted molar refractivity (Wildman–Crippen MR) is 113 cm³/mol. The van der Waals surface area contributed by atoms with Crippen molar-refractivity contribution in [2.24, 2.45) is 0 Å². The Labute approximate surface area is 176 Å². The molecule has 0 aliphatic carbocycles. The minimum absolute atomic E-state index is 0.0170. The van der Waals surface area contributed by atoms with Crippen LogP contribution in [-0.2, 0) is 9.47 Å². The van der Waals surface area contributed by atoms with Gasteiger partial charge >= 0.3 is 6.09 Å². The largest absolute Gasteiger partial charge is 0.457 e. The lowest BCUT2D eigenvalue weighted by Crippen LogP contribution is -2.45. The summed E-state index contributed by atoms with van der Waals surface area (Å²) < 4.78 is 31.1. The molecule has 30 heavy (non-hydrogen) atoms. The molecule has 3 rings (SSSR count). The van der Waals surface area contributed by atoms with Gasteiger partial charge in [0.2, 0.25) is 0 Å². The molecule has 2 aromatic rings. The molecule has 0 unspecified atom stereocenters. The zero-order valence-corrected chi connectivity index (χ0v) is 17.9. The number of amides is 1. The van der Waals surface area contributed by atoms with E-state index in [1.54, 1.807) is 39.1 Å². The second-order valence-corrected chi connectivity index (χ2v) is 8.38. The molecular weight excluding hydrogens is 389 g/mol. The van der Waals surface area contributed by atoms with E-state index in [2.05, 4.69) is 15.2 Å². The minimum Gasteiger partial charge on any atom is -0.457 e. The minimum atomic E-state index is -0.720. The maximum atomic E-state index is 14.4. The van der Waals surface area contributed by atoms with E-state index in [9.17, 15) is 9.18 Å². The van der Waals surface area contributed by atoms with Crippen molar-refractivity contribution in [1.82, 2.24) is 4.98 Å². The van der Waals surface area contributed by atoms with Crippen LogP contribution in [-0.4, -0.2) is 42.0 Å². The number of hydrogen-bond donors (Lipinski definition) is 1. The fraction of sp³-hybridized carbons (Fsp3) is 0.455. The number of aromatic nitrogens is 1. The highest BCUT2D eigenvalue weighted by molar-refractivity contribution is 5.85. The van der Waals surface area contributed by atoms with Gasteiger partial charge in [-0.2, -0.15) is 0 Å². The van der Waals surface area contributed by atoms with Crippen LogP contribution >= 0.6 is 0 Å². The van der Waals surface area contributed by atoms with Crippen LogP contribution in [0.15, 0.2) is 36.5 Å². The molecule has 1 aliphatic heterocycles. The number of benzene rings is 1. The van der Waals surface area contributed by atoms with Gasteiger partial charge in [-0.3, -0.25) is 5.32 Å². The van der Waals surface area contributed by atoms with Crippen LogP contribution in [0.4, 0.5) is 20.7 Å². The first-order valence-electron chi connectivity index (χ1n) is 9.93. The third kappa shape index (κ3) is 6.06. The van der Waals surface area contributed by atoms with E-state index < -0.39 is 17.5 Å². The molecule has 2 heterocycles. The summed E-state index contributed by atoms with van der Waals surface area (Å²) in [4.78, 5) is 18.4. The smallest absolute Gasteiger partial charge is 0.412 e. The van der Waals surface area contributed by atoms with Gasteiger partial charge < -0.3 is 19.1 Å². The summed E-state index contributed by atoms with van der Waals surface area (Å²) in [6.07, 6.45) is 1.16. The van der Waals surface area contributed by atoms with E-state index >= 15 is 0 Å². The average Bonchev–Trinajstić information content (AvgIpc) is 2.62. The molecule has 0 radical (unpaired) electrons. The van der Waals surface area contributed by atoms with Gasteiger partial charge in [0.1, 0.15) is 22.9 Å². The standard InChI is InChI=1S/C22H28FN3O4/c1-14-12-26(13-15(2)28-14)20-11-17(8-9-24-20)29-16-6-7-19(18(23)10-16)25-21(27)30-22(3,4)5/h6-11,14-15H,12-13H2,1-5H3,(H,25,27)/t14-,15+. The van der Waals surface area contributed by atoms with Crippen LogP contribution in [0.2, 0.25) is 0 Å². The lowest BCUT2D eigenvalue weighted by atomic mass is 10.2. The van der Waals surface area contributed by atoms with Crippen LogP contribution < -0.4 is 15.0 Å². The number of ether oxygens (including phenoxy) is 3. The van der Waals surface area contributed by atoms with Gasteiger partial charge in [-0.15, -0.1) is 0 Å². The molecular formula is C22H28FN3O4. The molecule has 7 nitrogen and oxygen atoms in total. The number of anilines is 2. The SMILES string of the molecule is C[C@@H]1CN(c2cc(Oc3ccc(NC(=O)OC(C)(C)C)c(F)c3)ccn2)C[C@H](C)O1. The second kappa shape index (κ2) is 8.87. The number of nitrogens with one attached hydrogen (secondary N) is 1. The van der Waals surface area contributed by atoms with E-state index in [1.165, 1.54) is 12.1 Å². The lowest BCUT2D eigenvalue weighted by molar-refractivity contribution is -0.00547. The molecule has 1 aromatic heterocycles. The van der Waals surface area contributed by atoms with E-state index in [4.69, 9.17) is 14.2 Å². The van der Waals surface area contributed by atoms with Gasteiger partial charge in [0, 0.05) is 31.4 Å². The average molecular weight is 417 g/mol. The van der Waals surface area contributed by atoms with Crippen LogP contribution in [0.3, 0.4) is 0 Å². The predicted octanol–water partition coefficient (Wildman–Crippen LogP) is 4.97. The van der Waals surface area contributed by atoms with Crippen molar-refractivity contribution in [3.63, 3.8) is 0 Å². The molecule has 1 N–H and O–H groups in total. The van der Waals surface area contributed by atoms with Crippen LogP contribution in [0.5, 0.6) is 11.5 Å². The summed E-state index contributed by atoms with van der Waals surface area (Å²) in [5.74, 6) is 1.00. The Morgan fingerprint density at radius 3 is 2.47 bits per heavy atom. The maximum absolute atomic E-state index is 14.4. The summed E-state index contributed by atoms with van der Waals surface area (Å²) >= 11 is 0. The highest BCUT2D eigenvalue weighted by atomic mass is 19.1. The van der Waals surface area contributed by atoms with Gasteiger partial charge in [-0.05, 0) is 52.8 Å². The molecule has 0 bridgehead atoms. The highest BCUT2D eigenvalue weighted by Crippen LogP contribution is 2.28. The van der Waals surface area contributed by atoms with E-state index in [0.29, 0.717) is 11.5 Å². The Morgan fingerprint density at radius 2 is 1.83 bits per heavy atom. The summed E-state index contributed by atoms with van der Waals surface area (Å²) in [7, 11) is 0. The van der Waals surface area contributed by atoms with Crippen molar-refractivity contribution >= 4 is 17.6 Å². The molecule has 1 saturated heterocycles.